The van der Waals surface area contributed by atoms with Crippen LogP contribution in [0.2, 0.25) is 0 Å². The van der Waals surface area contributed by atoms with E-state index in [1.807, 2.05) is 30.3 Å². The van der Waals surface area contributed by atoms with E-state index in [-0.39, 0.29) is 16.8 Å². The van der Waals surface area contributed by atoms with Crippen molar-refractivity contribution < 1.29 is 18.7 Å². The Morgan fingerprint density at radius 2 is 1.55 bits per heavy atom. The lowest BCUT2D eigenvalue weighted by molar-refractivity contribution is 0.0997. The average molecular weight is 387 g/mol. The first-order valence-corrected chi connectivity index (χ1v) is 8.88. The lowest BCUT2D eigenvalue weighted by atomic mass is 10.2. The third-order valence-corrected chi connectivity index (χ3v) is 4.25. The molecule has 1 amide bonds. The fourth-order valence-corrected chi connectivity index (χ4v) is 2.80. The van der Waals surface area contributed by atoms with Crippen molar-refractivity contribution >= 4 is 22.6 Å². The van der Waals surface area contributed by atoms with E-state index < -0.39 is 5.91 Å². The highest BCUT2D eigenvalue weighted by atomic mass is 16.5. The summed E-state index contributed by atoms with van der Waals surface area (Å²) in [7, 11) is 1.51. The highest BCUT2D eigenvalue weighted by Gasteiger charge is 2.13. The SMILES string of the molecule is COc1ccc2c(=O)cc(C(=O)Nc3ccc(Oc4ccccc4)cc3)oc2c1. The third-order valence-electron chi connectivity index (χ3n) is 4.25. The monoisotopic (exact) mass is 387 g/mol. The van der Waals surface area contributed by atoms with Crippen LogP contribution in [-0.2, 0) is 0 Å². The van der Waals surface area contributed by atoms with E-state index >= 15 is 0 Å². The van der Waals surface area contributed by atoms with Crippen LogP contribution in [0.1, 0.15) is 10.6 Å². The van der Waals surface area contributed by atoms with Crippen LogP contribution in [0.5, 0.6) is 17.2 Å². The van der Waals surface area contributed by atoms with Crippen molar-refractivity contribution in [1.29, 1.82) is 0 Å². The molecule has 0 radical (unpaired) electrons. The van der Waals surface area contributed by atoms with Crippen molar-refractivity contribution in [3.63, 3.8) is 0 Å². The molecule has 0 fully saturated rings. The number of methoxy groups -OCH3 is 1. The van der Waals surface area contributed by atoms with Crippen LogP contribution in [0, 0.1) is 0 Å². The molecule has 0 aliphatic rings. The van der Waals surface area contributed by atoms with Gasteiger partial charge in [-0.15, -0.1) is 0 Å². The molecule has 6 nitrogen and oxygen atoms in total. The molecule has 4 rings (SSSR count). The maximum Gasteiger partial charge on any atom is 0.291 e. The first-order valence-electron chi connectivity index (χ1n) is 8.88. The maximum atomic E-state index is 12.5. The van der Waals surface area contributed by atoms with Crippen molar-refractivity contribution in [3.05, 3.63) is 94.8 Å². The van der Waals surface area contributed by atoms with Crippen LogP contribution in [0.4, 0.5) is 5.69 Å². The Kier molecular flexibility index (Phi) is 4.99. The quantitative estimate of drug-likeness (QED) is 0.530. The molecule has 0 saturated carbocycles. The van der Waals surface area contributed by atoms with E-state index in [4.69, 9.17) is 13.9 Å². The number of fused-ring (bicyclic) bond motifs is 1. The number of anilines is 1. The fourth-order valence-electron chi connectivity index (χ4n) is 2.80. The summed E-state index contributed by atoms with van der Waals surface area (Å²) in [5.74, 6) is 1.28. The molecule has 0 unspecified atom stereocenters. The Balaban J connectivity index is 1.52. The summed E-state index contributed by atoms with van der Waals surface area (Å²) in [5, 5.41) is 3.09. The van der Waals surface area contributed by atoms with Crippen molar-refractivity contribution in [2.24, 2.45) is 0 Å². The molecule has 0 aliphatic carbocycles. The predicted molar refractivity (Wildman–Crippen MR) is 110 cm³/mol. The number of ether oxygens (including phenoxy) is 2. The summed E-state index contributed by atoms with van der Waals surface area (Å²) < 4.78 is 16.5. The Bertz CT molecular complexity index is 1210. The van der Waals surface area contributed by atoms with Crippen LogP contribution in [0.25, 0.3) is 11.0 Å². The number of para-hydroxylation sites is 1. The van der Waals surface area contributed by atoms with Gasteiger partial charge in [0.1, 0.15) is 22.8 Å². The molecule has 3 aromatic carbocycles. The second-order valence-corrected chi connectivity index (χ2v) is 6.23. The zero-order chi connectivity index (χ0) is 20.2. The predicted octanol–water partition coefficient (Wildman–Crippen LogP) is 4.85. The van der Waals surface area contributed by atoms with Crippen LogP contribution < -0.4 is 20.2 Å². The smallest absolute Gasteiger partial charge is 0.291 e. The molecule has 29 heavy (non-hydrogen) atoms. The number of amides is 1. The molecule has 0 bridgehead atoms. The van der Waals surface area contributed by atoms with Gasteiger partial charge in [0.15, 0.2) is 11.2 Å². The molecule has 0 aliphatic heterocycles. The van der Waals surface area contributed by atoms with Gasteiger partial charge >= 0.3 is 0 Å². The standard InChI is InChI=1S/C23H17NO5/c1-27-18-11-12-19-20(25)14-22(29-21(19)13-18)23(26)24-15-7-9-17(10-8-15)28-16-5-3-2-4-6-16/h2-14H,1H3,(H,24,26). The van der Waals surface area contributed by atoms with E-state index in [0.29, 0.717) is 22.6 Å². The van der Waals surface area contributed by atoms with E-state index in [0.717, 1.165) is 5.75 Å². The zero-order valence-electron chi connectivity index (χ0n) is 15.5. The van der Waals surface area contributed by atoms with Crippen LogP contribution in [-0.4, -0.2) is 13.0 Å². The van der Waals surface area contributed by atoms with Gasteiger partial charge in [0.25, 0.3) is 5.91 Å². The summed E-state index contributed by atoms with van der Waals surface area (Å²) in [6.45, 7) is 0. The molecule has 0 spiro atoms. The van der Waals surface area contributed by atoms with Gasteiger partial charge in [0, 0.05) is 17.8 Å². The number of hydrogen-bond acceptors (Lipinski definition) is 5. The molecular weight excluding hydrogens is 370 g/mol. The maximum absolute atomic E-state index is 12.5. The lowest BCUT2D eigenvalue weighted by Gasteiger charge is -2.08. The third kappa shape index (κ3) is 4.11. The Labute approximate surface area is 166 Å². The first-order chi connectivity index (χ1) is 14.1. The van der Waals surface area contributed by atoms with Gasteiger partial charge in [-0.05, 0) is 48.5 Å². The average Bonchev–Trinajstić information content (AvgIpc) is 2.75. The zero-order valence-corrected chi connectivity index (χ0v) is 15.5. The van der Waals surface area contributed by atoms with Crippen LogP contribution >= 0.6 is 0 Å². The number of carbonyl (C=O) groups is 1. The minimum absolute atomic E-state index is 0.0830. The minimum Gasteiger partial charge on any atom is -0.497 e. The summed E-state index contributed by atoms with van der Waals surface area (Å²) in [6, 6.07) is 22.3. The molecule has 144 valence electrons. The highest BCUT2D eigenvalue weighted by Crippen LogP contribution is 2.23. The first kappa shape index (κ1) is 18.3. The number of benzene rings is 3. The van der Waals surface area contributed by atoms with Crippen molar-refractivity contribution in [1.82, 2.24) is 0 Å². The lowest BCUT2D eigenvalue weighted by Crippen LogP contribution is -2.14. The number of carbonyl (C=O) groups excluding carboxylic acids is 1. The van der Waals surface area contributed by atoms with Gasteiger partial charge in [-0.1, -0.05) is 18.2 Å². The minimum atomic E-state index is -0.524. The second-order valence-electron chi connectivity index (χ2n) is 6.23. The number of nitrogens with one attached hydrogen (secondary N) is 1. The summed E-state index contributed by atoms with van der Waals surface area (Å²) in [4.78, 5) is 24.8. The molecule has 1 aromatic heterocycles. The summed E-state index contributed by atoms with van der Waals surface area (Å²) >= 11 is 0. The normalized spacial score (nSPS) is 10.5. The number of rotatable bonds is 5. The summed E-state index contributed by atoms with van der Waals surface area (Å²) in [5.41, 5.74) is 0.531. The van der Waals surface area contributed by atoms with Crippen molar-refractivity contribution in [3.8, 4) is 17.2 Å². The van der Waals surface area contributed by atoms with Gasteiger partial charge in [0.2, 0.25) is 0 Å². The molecule has 0 saturated heterocycles. The Morgan fingerprint density at radius 1 is 0.862 bits per heavy atom. The fraction of sp³-hybridized carbons (Fsp3) is 0.0435. The molecule has 6 heteroatoms. The molecular formula is C23H17NO5. The van der Waals surface area contributed by atoms with Crippen molar-refractivity contribution in [2.75, 3.05) is 12.4 Å². The van der Waals surface area contributed by atoms with Crippen molar-refractivity contribution in [2.45, 2.75) is 0 Å². The second kappa shape index (κ2) is 7.90. The molecule has 0 atom stereocenters. The van der Waals surface area contributed by atoms with Crippen LogP contribution in [0.15, 0.2) is 88.1 Å². The topological polar surface area (TPSA) is 77.8 Å². The van der Waals surface area contributed by atoms with E-state index in [1.54, 1.807) is 42.5 Å². The van der Waals surface area contributed by atoms with E-state index in [1.165, 1.54) is 13.2 Å². The summed E-state index contributed by atoms with van der Waals surface area (Å²) in [6.07, 6.45) is 0. The number of hydrogen-bond donors (Lipinski definition) is 1. The van der Waals surface area contributed by atoms with Gasteiger partial charge < -0.3 is 19.2 Å². The largest absolute Gasteiger partial charge is 0.497 e. The van der Waals surface area contributed by atoms with Gasteiger partial charge in [-0.2, -0.15) is 0 Å². The highest BCUT2D eigenvalue weighted by molar-refractivity contribution is 6.03. The Hall–Kier alpha value is -4.06. The Morgan fingerprint density at radius 3 is 2.28 bits per heavy atom. The molecule has 4 aromatic rings. The van der Waals surface area contributed by atoms with Gasteiger partial charge in [-0.25, -0.2) is 0 Å². The van der Waals surface area contributed by atoms with Crippen LogP contribution in [0.3, 0.4) is 0 Å². The van der Waals surface area contributed by atoms with Gasteiger partial charge in [-0.3, -0.25) is 9.59 Å². The van der Waals surface area contributed by atoms with Gasteiger partial charge in [0.05, 0.1) is 12.5 Å². The molecule has 1 heterocycles. The van der Waals surface area contributed by atoms with E-state index in [2.05, 4.69) is 5.32 Å². The molecule has 1 N–H and O–H groups in total. The van der Waals surface area contributed by atoms with E-state index in [9.17, 15) is 9.59 Å².